The Labute approximate surface area is 91.7 Å². The summed E-state index contributed by atoms with van der Waals surface area (Å²) >= 11 is 10.7. The third-order valence-corrected chi connectivity index (χ3v) is 2.14. The van der Waals surface area contributed by atoms with Crippen LogP contribution in [0.1, 0.15) is 5.56 Å². The molecule has 0 saturated heterocycles. The van der Waals surface area contributed by atoms with E-state index in [2.05, 4.69) is 5.32 Å². The zero-order valence-electron chi connectivity index (χ0n) is 7.16. The highest BCUT2D eigenvalue weighted by atomic mass is 35.5. The average Bonchev–Trinajstić information content (AvgIpc) is 2.15. The summed E-state index contributed by atoms with van der Waals surface area (Å²) in [5.74, 6) is -0.943. The first-order valence-corrected chi connectivity index (χ1v) is 4.64. The first-order chi connectivity index (χ1) is 6.59. The summed E-state index contributed by atoms with van der Waals surface area (Å²) in [5.41, 5.74) is 0.755. The van der Waals surface area contributed by atoms with Gasteiger partial charge in [-0.25, -0.2) is 0 Å². The Morgan fingerprint density at radius 3 is 2.50 bits per heavy atom. The Morgan fingerprint density at radius 1 is 1.43 bits per heavy atom. The first kappa shape index (κ1) is 10.9. The van der Waals surface area contributed by atoms with Gasteiger partial charge in [-0.15, -0.1) is 0 Å². The molecule has 3 nitrogen and oxygen atoms in total. The van der Waals surface area contributed by atoms with E-state index in [1.807, 2.05) is 0 Å². The van der Waals surface area contributed by atoms with E-state index in [1.165, 1.54) is 0 Å². The summed E-state index contributed by atoms with van der Waals surface area (Å²) in [5, 5.41) is 11.6. The largest absolute Gasteiger partial charge is 0.480 e. The maximum absolute atomic E-state index is 10.2. The summed E-state index contributed by atoms with van der Waals surface area (Å²) in [6.45, 7) is -0.179. The molecule has 0 aliphatic rings. The molecule has 0 heterocycles. The number of hydrogen-bond donors (Lipinski definition) is 2. The fourth-order valence-corrected chi connectivity index (χ4v) is 1.19. The number of aliphatic carboxylic acids is 1. The highest BCUT2D eigenvalue weighted by Crippen LogP contribution is 2.09. The van der Waals surface area contributed by atoms with Gasteiger partial charge in [0.15, 0.2) is 0 Å². The molecule has 0 aliphatic carbocycles. The van der Waals surface area contributed by atoms with Crippen LogP contribution in [0.25, 0.3) is 0 Å². The number of rotatable bonds is 3. The van der Waals surface area contributed by atoms with Crippen molar-refractivity contribution in [3.63, 3.8) is 0 Å². The van der Waals surface area contributed by atoms with E-state index in [0.29, 0.717) is 10.0 Å². The zero-order chi connectivity index (χ0) is 10.6. The standard InChI is InChI=1S/C9H8ClNO2S/c10-7-3-1-6(2-4-7)9(14)11-5-8(12)13/h1-4H,5H2,(H,11,14)(H,12,13). The topological polar surface area (TPSA) is 49.3 Å². The fraction of sp³-hybridized carbons (Fsp3) is 0.111. The van der Waals surface area contributed by atoms with E-state index in [1.54, 1.807) is 24.3 Å². The Balaban J connectivity index is 2.61. The van der Waals surface area contributed by atoms with Gasteiger partial charge in [-0.05, 0) is 12.1 Å². The van der Waals surface area contributed by atoms with E-state index >= 15 is 0 Å². The lowest BCUT2D eigenvalue weighted by Gasteiger charge is -2.04. The van der Waals surface area contributed by atoms with Crippen LogP contribution in [0.4, 0.5) is 0 Å². The van der Waals surface area contributed by atoms with Crippen LogP contribution in [-0.4, -0.2) is 22.6 Å². The SMILES string of the molecule is O=C(O)CNC(=S)c1ccc(Cl)cc1. The Bertz CT molecular complexity index is 350. The van der Waals surface area contributed by atoms with E-state index in [4.69, 9.17) is 28.9 Å². The summed E-state index contributed by atoms with van der Waals surface area (Å²) in [4.78, 5) is 10.7. The normalized spacial score (nSPS) is 9.50. The number of halogens is 1. The highest BCUT2D eigenvalue weighted by Gasteiger charge is 2.02. The molecule has 0 atom stereocenters. The van der Waals surface area contributed by atoms with Crippen LogP contribution < -0.4 is 5.32 Å². The smallest absolute Gasteiger partial charge is 0.322 e. The third-order valence-electron chi connectivity index (χ3n) is 1.51. The molecular weight excluding hydrogens is 222 g/mol. The van der Waals surface area contributed by atoms with E-state index < -0.39 is 5.97 Å². The molecule has 74 valence electrons. The molecule has 0 amide bonds. The molecule has 0 fully saturated rings. The number of carbonyl (C=O) groups is 1. The summed E-state index contributed by atoms with van der Waals surface area (Å²) < 4.78 is 0. The molecule has 0 aromatic heterocycles. The van der Waals surface area contributed by atoms with E-state index in [-0.39, 0.29) is 6.54 Å². The number of carboxylic acid groups (broad SMARTS) is 1. The number of carboxylic acids is 1. The van der Waals surface area contributed by atoms with Crippen molar-refractivity contribution >= 4 is 34.8 Å². The van der Waals surface area contributed by atoms with E-state index in [0.717, 1.165) is 5.56 Å². The lowest BCUT2D eigenvalue weighted by Crippen LogP contribution is -2.28. The predicted octanol–water partition coefficient (Wildman–Crippen LogP) is 1.69. The Kier molecular flexibility index (Phi) is 3.85. The second-order valence-electron chi connectivity index (χ2n) is 2.58. The molecule has 0 bridgehead atoms. The molecule has 0 saturated carbocycles. The first-order valence-electron chi connectivity index (χ1n) is 3.85. The van der Waals surface area contributed by atoms with Gasteiger partial charge in [-0.3, -0.25) is 4.79 Å². The predicted molar refractivity (Wildman–Crippen MR) is 58.8 cm³/mol. The quantitative estimate of drug-likeness (QED) is 0.775. The van der Waals surface area contributed by atoms with Gasteiger partial charge in [-0.2, -0.15) is 0 Å². The van der Waals surface area contributed by atoms with Crippen molar-refractivity contribution in [1.82, 2.24) is 5.32 Å². The van der Waals surface area contributed by atoms with Crippen molar-refractivity contribution in [2.75, 3.05) is 6.54 Å². The number of thiocarbonyl (C=S) groups is 1. The van der Waals surface area contributed by atoms with Crippen molar-refractivity contribution in [3.05, 3.63) is 34.9 Å². The van der Waals surface area contributed by atoms with Gasteiger partial charge in [0.25, 0.3) is 0 Å². The van der Waals surface area contributed by atoms with Crippen LogP contribution in [0.15, 0.2) is 24.3 Å². The maximum Gasteiger partial charge on any atom is 0.322 e. The van der Waals surface area contributed by atoms with Gasteiger partial charge in [0.05, 0.1) is 0 Å². The van der Waals surface area contributed by atoms with Crippen LogP contribution in [0, 0.1) is 0 Å². The minimum Gasteiger partial charge on any atom is -0.480 e. The van der Waals surface area contributed by atoms with Crippen LogP contribution in [0.5, 0.6) is 0 Å². The Hall–Kier alpha value is -1.13. The summed E-state index contributed by atoms with van der Waals surface area (Å²) in [6.07, 6.45) is 0. The van der Waals surface area contributed by atoms with Gasteiger partial charge < -0.3 is 10.4 Å². The zero-order valence-corrected chi connectivity index (χ0v) is 8.73. The number of benzene rings is 1. The molecular formula is C9H8ClNO2S. The van der Waals surface area contributed by atoms with Gasteiger partial charge in [0.1, 0.15) is 11.5 Å². The second-order valence-corrected chi connectivity index (χ2v) is 3.43. The molecule has 0 radical (unpaired) electrons. The molecule has 2 N–H and O–H groups in total. The molecule has 0 unspecified atom stereocenters. The average molecular weight is 230 g/mol. The minimum absolute atomic E-state index is 0.179. The van der Waals surface area contributed by atoms with Crippen LogP contribution in [0.3, 0.4) is 0 Å². The molecule has 0 spiro atoms. The number of hydrogen-bond acceptors (Lipinski definition) is 2. The van der Waals surface area contributed by atoms with E-state index in [9.17, 15) is 4.79 Å². The second kappa shape index (κ2) is 4.93. The van der Waals surface area contributed by atoms with Crippen molar-refractivity contribution in [2.24, 2.45) is 0 Å². The Morgan fingerprint density at radius 2 is 2.00 bits per heavy atom. The molecule has 5 heteroatoms. The van der Waals surface area contributed by atoms with Crippen molar-refractivity contribution < 1.29 is 9.90 Å². The van der Waals surface area contributed by atoms with Crippen molar-refractivity contribution in [2.45, 2.75) is 0 Å². The van der Waals surface area contributed by atoms with Crippen molar-refractivity contribution in [3.8, 4) is 0 Å². The monoisotopic (exact) mass is 229 g/mol. The van der Waals surface area contributed by atoms with Gasteiger partial charge >= 0.3 is 5.97 Å². The minimum atomic E-state index is -0.943. The third kappa shape index (κ3) is 3.32. The summed E-state index contributed by atoms with van der Waals surface area (Å²) in [6, 6.07) is 6.87. The maximum atomic E-state index is 10.2. The molecule has 1 aromatic rings. The van der Waals surface area contributed by atoms with Gasteiger partial charge in [-0.1, -0.05) is 36.0 Å². The summed E-state index contributed by atoms with van der Waals surface area (Å²) in [7, 11) is 0. The fourth-order valence-electron chi connectivity index (χ4n) is 0.859. The van der Waals surface area contributed by atoms with Gasteiger partial charge in [0.2, 0.25) is 0 Å². The van der Waals surface area contributed by atoms with Crippen LogP contribution >= 0.6 is 23.8 Å². The molecule has 1 rings (SSSR count). The lowest BCUT2D eigenvalue weighted by molar-refractivity contribution is -0.135. The van der Waals surface area contributed by atoms with Crippen molar-refractivity contribution in [1.29, 1.82) is 0 Å². The molecule has 0 aliphatic heterocycles. The lowest BCUT2D eigenvalue weighted by atomic mass is 10.2. The highest BCUT2D eigenvalue weighted by molar-refractivity contribution is 7.80. The van der Waals surface area contributed by atoms with Gasteiger partial charge in [0, 0.05) is 10.6 Å². The molecule has 1 aromatic carbocycles. The van der Waals surface area contributed by atoms with Crippen LogP contribution in [0.2, 0.25) is 5.02 Å². The molecule has 14 heavy (non-hydrogen) atoms. The number of nitrogens with one attached hydrogen (secondary N) is 1. The van der Waals surface area contributed by atoms with Crippen LogP contribution in [-0.2, 0) is 4.79 Å².